The van der Waals surface area contributed by atoms with Gasteiger partial charge in [-0.3, -0.25) is 0 Å². The number of halogens is 2. The molecule has 0 saturated heterocycles. The lowest BCUT2D eigenvalue weighted by Crippen LogP contribution is -2.15. The molecule has 2 aliphatic rings. The second kappa shape index (κ2) is 17.2. The Labute approximate surface area is 400 Å². The molecule has 0 saturated carbocycles. The first-order valence-corrected chi connectivity index (χ1v) is 23.6. The summed E-state index contributed by atoms with van der Waals surface area (Å²) in [4.78, 5) is 10.6. The molecule has 10 aromatic rings. The number of fused-ring (bicyclic) bond motifs is 12. The molecular formula is C58H44Br2N2O4. The fraction of sp³-hybridized carbons (Fsp3) is 0.138. The van der Waals surface area contributed by atoms with Crippen LogP contribution in [0, 0.1) is 0 Å². The summed E-state index contributed by atoms with van der Waals surface area (Å²) in [6.07, 6.45) is 4.00. The summed E-state index contributed by atoms with van der Waals surface area (Å²) >= 11 is 7.35. The summed E-state index contributed by atoms with van der Waals surface area (Å²) < 4.78 is 24.4. The predicted molar refractivity (Wildman–Crippen MR) is 277 cm³/mol. The van der Waals surface area contributed by atoms with Gasteiger partial charge in [-0.05, 0) is 148 Å². The molecule has 6 nitrogen and oxygen atoms in total. The highest BCUT2D eigenvalue weighted by molar-refractivity contribution is 9.10. The molecule has 0 amide bonds. The third-order valence-electron chi connectivity index (χ3n) is 13.2. The predicted octanol–water partition coefficient (Wildman–Crippen LogP) is 15.2. The van der Waals surface area contributed by atoms with Gasteiger partial charge in [-0.1, -0.05) is 105 Å². The quantitative estimate of drug-likeness (QED) is 0.122. The molecule has 0 unspecified atom stereocenters. The van der Waals surface area contributed by atoms with E-state index in [-0.39, 0.29) is 0 Å². The van der Waals surface area contributed by atoms with E-state index in [9.17, 15) is 0 Å². The first-order chi connectivity index (χ1) is 32.3. The molecule has 2 aliphatic carbocycles. The van der Waals surface area contributed by atoms with Crippen LogP contribution in [0.3, 0.4) is 0 Å². The Balaban J connectivity index is 0.000000146. The van der Waals surface area contributed by atoms with Crippen LogP contribution in [0.1, 0.15) is 22.3 Å². The van der Waals surface area contributed by atoms with E-state index in [0.717, 1.165) is 118 Å². The highest BCUT2D eigenvalue weighted by Crippen LogP contribution is 2.47. The highest BCUT2D eigenvalue weighted by atomic mass is 79.9. The first-order valence-electron chi connectivity index (χ1n) is 22.1. The fourth-order valence-electron chi connectivity index (χ4n) is 10.0. The van der Waals surface area contributed by atoms with Gasteiger partial charge in [-0.2, -0.15) is 0 Å². The maximum absolute atomic E-state index is 5.57. The standard InChI is InChI=1S/C29H24BrNO2.C29H20BrNO2/c2*1-32-21-10-6-17-8-12-23-27(19-4-3-5-20(30)14-19)24-13-9-18-7-11-22(33-2)16-26(18)29(24)31-28(23)25(17)15-21/h3-7,10-11,14-16H,8-9,12-13H2,1-2H3;3-16H,1-2H3. The summed E-state index contributed by atoms with van der Waals surface area (Å²) in [5.41, 5.74) is 16.7. The van der Waals surface area contributed by atoms with Crippen molar-refractivity contribution in [3.05, 3.63) is 177 Å². The van der Waals surface area contributed by atoms with Crippen molar-refractivity contribution in [2.24, 2.45) is 0 Å². The fourth-order valence-corrected chi connectivity index (χ4v) is 10.8. The van der Waals surface area contributed by atoms with Crippen molar-refractivity contribution in [3.63, 3.8) is 0 Å². The molecule has 324 valence electrons. The van der Waals surface area contributed by atoms with E-state index in [1.807, 2.05) is 12.1 Å². The van der Waals surface area contributed by atoms with E-state index in [0.29, 0.717) is 0 Å². The van der Waals surface area contributed by atoms with Crippen molar-refractivity contribution >= 4 is 75.2 Å². The summed E-state index contributed by atoms with van der Waals surface area (Å²) in [7, 11) is 6.84. The number of aryl methyl sites for hydroxylation is 2. The number of aromatic nitrogens is 2. The van der Waals surface area contributed by atoms with Gasteiger partial charge in [0.25, 0.3) is 0 Å². The van der Waals surface area contributed by atoms with Crippen LogP contribution in [-0.4, -0.2) is 38.4 Å². The van der Waals surface area contributed by atoms with Gasteiger partial charge in [-0.15, -0.1) is 0 Å². The minimum atomic E-state index is 0.820. The summed E-state index contributed by atoms with van der Waals surface area (Å²) in [6.45, 7) is 0. The number of nitrogens with zero attached hydrogens (tertiary/aromatic N) is 2. The van der Waals surface area contributed by atoms with Crippen LogP contribution in [0.2, 0.25) is 0 Å². The van der Waals surface area contributed by atoms with Crippen LogP contribution in [-0.2, 0) is 25.7 Å². The number of methoxy groups -OCH3 is 4. The van der Waals surface area contributed by atoms with Gasteiger partial charge in [0.1, 0.15) is 23.0 Å². The van der Waals surface area contributed by atoms with Crippen molar-refractivity contribution in [2.45, 2.75) is 25.7 Å². The zero-order valence-electron chi connectivity index (χ0n) is 37.0. The van der Waals surface area contributed by atoms with Crippen molar-refractivity contribution < 1.29 is 18.9 Å². The maximum atomic E-state index is 5.57. The minimum Gasteiger partial charge on any atom is -0.497 e. The molecule has 0 fully saturated rings. The van der Waals surface area contributed by atoms with E-state index >= 15 is 0 Å². The molecule has 8 heteroatoms. The molecule has 0 aliphatic heterocycles. The van der Waals surface area contributed by atoms with Gasteiger partial charge in [0.2, 0.25) is 0 Å². The number of hydrogen-bond donors (Lipinski definition) is 0. The lowest BCUT2D eigenvalue weighted by atomic mass is 9.78. The van der Waals surface area contributed by atoms with Crippen LogP contribution < -0.4 is 18.9 Å². The second-order valence-corrected chi connectivity index (χ2v) is 18.6. The summed E-state index contributed by atoms with van der Waals surface area (Å²) in [5, 5.41) is 6.64. The van der Waals surface area contributed by atoms with Gasteiger partial charge >= 0.3 is 0 Å². The molecule has 0 N–H and O–H groups in total. The Hall–Kier alpha value is -6.74. The number of pyridine rings is 2. The SMILES string of the molecule is COc1ccc2c(c1)-c1nc3c(c(-c4cccc(Br)c4)c1CC2)CCc1ccc(OC)cc1-3.COc1ccc2ccc3c(-c4cccc(Br)c4)c4ccc5ccc(OC)cc5c4nc3c2c1. The Morgan fingerprint density at radius 2 is 0.818 bits per heavy atom. The van der Waals surface area contributed by atoms with Gasteiger partial charge in [0.15, 0.2) is 0 Å². The van der Waals surface area contributed by atoms with E-state index in [4.69, 9.17) is 28.9 Å². The van der Waals surface area contributed by atoms with E-state index in [1.165, 1.54) is 50.1 Å². The molecule has 0 radical (unpaired) electrons. The smallest absolute Gasteiger partial charge is 0.119 e. The van der Waals surface area contributed by atoms with Crippen LogP contribution in [0.15, 0.2) is 155 Å². The Morgan fingerprint density at radius 1 is 0.394 bits per heavy atom. The molecule has 2 heterocycles. The molecule has 8 aromatic carbocycles. The van der Waals surface area contributed by atoms with Gasteiger partial charge in [0, 0.05) is 47.2 Å². The van der Waals surface area contributed by atoms with Gasteiger partial charge in [0.05, 0.1) is 50.9 Å². The lowest BCUT2D eigenvalue weighted by Gasteiger charge is -2.29. The number of rotatable bonds is 6. The summed E-state index contributed by atoms with van der Waals surface area (Å²) in [6, 6.07) is 50.9. The Kier molecular flexibility index (Phi) is 11.0. The Morgan fingerprint density at radius 3 is 1.27 bits per heavy atom. The van der Waals surface area contributed by atoms with Crippen molar-refractivity contribution in [3.8, 4) is 67.8 Å². The van der Waals surface area contributed by atoms with Crippen LogP contribution >= 0.6 is 31.9 Å². The molecule has 0 bridgehead atoms. The van der Waals surface area contributed by atoms with E-state index in [2.05, 4.69) is 165 Å². The minimum absolute atomic E-state index is 0.820. The Bertz CT molecular complexity index is 3400. The van der Waals surface area contributed by atoms with E-state index < -0.39 is 0 Å². The maximum Gasteiger partial charge on any atom is 0.119 e. The number of ether oxygens (including phenoxy) is 4. The average Bonchev–Trinajstić information content (AvgIpc) is 3.36. The number of hydrogen-bond acceptors (Lipinski definition) is 6. The van der Waals surface area contributed by atoms with Crippen LogP contribution in [0.25, 0.3) is 88.1 Å². The third kappa shape index (κ3) is 7.33. The van der Waals surface area contributed by atoms with Crippen LogP contribution in [0.4, 0.5) is 0 Å². The van der Waals surface area contributed by atoms with Crippen molar-refractivity contribution in [2.75, 3.05) is 28.4 Å². The molecule has 0 atom stereocenters. The zero-order chi connectivity index (χ0) is 45.1. The summed E-state index contributed by atoms with van der Waals surface area (Å²) in [5.74, 6) is 3.38. The molecular weight excluding hydrogens is 948 g/mol. The monoisotopic (exact) mass is 990 g/mol. The first kappa shape index (κ1) is 41.9. The second-order valence-electron chi connectivity index (χ2n) is 16.8. The largest absolute Gasteiger partial charge is 0.497 e. The molecule has 0 spiro atoms. The molecule has 12 rings (SSSR count). The van der Waals surface area contributed by atoms with Gasteiger partial charge in [-0.25, -0.2) is 9.97 Å². The highest BCUT2D eigenvalue weighted by Gasteiger charge is 2.30. The van der Waals surface area contributed by atoms with Crippen molar-refractivity contribution in [1.82, 2.24) is 9.97 Å². The van der Waals surface area contributed by atoms with Crippen molar-refractivity contribution in [1.29, 1.82) is 0 Å². The lowest BCUT2D eigenvalue weighted by molar-refractivity contribution is 0.414. The topological polar surface area (TPSA) is 62.7 Å². The number of benzene rings is 8. The van der Waals surface area contributed by atoms with E-state index in [1.54, 1.807) is 28.4 Å². The molecule has 2 aromatic heterocycles. The van der Waals surface area contributed by atoms with Crippen LogP contribution in [0.5, 0.6) is 23.0 Å². The van der Waals surface area contributed by atoms with Gasteiger partial charge < -0.3 is 18.9 Å². The average molecular weight is 993 g/mol. The third-order valence-corrected chi connectivity index (χ3v) is 14.2. The normalized spacial score (nSPS) is 12.5. The molecule has 66 heavy (non-hydrogen) atoms. The zero-order valence-corrected chi connectivity index (χ0v) is 40.1.